The van der Waals surface area contributed by atoms with Crippen molar-refractivity contribution >= 4 is 0 Å². The summed E-state index contributed by atoms with van der Waals surface area (Å²) in [5, 5.41) is 9.65. The molecule has 0 saturated carbocycles. The molecule has 196 valence electrons. The molecule has 0 bridgehead atoms. The minimum absolute atomic E-state index is 0.675. The number of nitrogens with zero attached hydrogens (tertiary/aromatic N) is 5. The summed E-state index contributed by atoms with van der Waals surface area (Å²) in [7, 11) is 0. The molecule has 0 radical (unpaired) electrons. The van der Waals surface area contributed by atoms with Gasteiger partial charge in [-0.3, -0.25) is 0 Å². The Morgan fingerprint density at radius 3 is 1.85 bits per heavy atom. The highest BCUT2D eigenvalue weighted by atomic mass is 16.5. The van der Waals surface area contributed by atoms with Gasteiger partial charge in [-0.05, 0) is 42.5 Å². The van der Waals surface area contributed by atoms with E-state index in [0.29, 0.717) is 11.6 Å². The first-order chi connectivity index (χ1) is 20.3. The lowest BCUT2D eigenvalue weighted by Crippen LogP contribution is -1.98. The van der Waals surface area contributed by atoms with Crippen LogP contribution >= 0.6 is 0 Å². The van der Waals surface area contributed by atoms with E-state index in [1.54, 1.807) is 11.0 Å². The number of hydrogen-bond acceptors (Lipinski definition) is 4. The van der Waals surface area contributed by atoms with Crippen LogP contribution in [-0.2, 0) is 0 Å². The van der Waals surface area contributed by atoms with Gasteiger partial charge in [-0.1, -0.05) is 97.1 Å². The molecule has 0 fully saturated rings. The smallest absolute Gasteiger partial charge is 0.181 e. The van der Waals surface area contributed by atoms with Crippen molar-refractivity contribution in [2.75, 3.05) is 0 Å². The summed E-state index contributed by atoms with van der Waals surface area (Å²) in [5.41, 5.74) is 6.79. The first-order valence-electron chi connectivity index (χ1n) is 13.4. The average Bonchev–Trinajstić information content (AvgIpc) is 3.72. The van der Waals surface area contributed by atoms with Crippen LogP contribution in [0.4, 0.5) is 0 Å². The lowest BCUT2D eigenvalue weighted by molar-refractivity contribution is 0.482. The second-order valence-electron chi connectivity index (χ2n) is 9.53. The third kappa shape index (κ3) is 5.14. The number of ether oxygens (including phenoxy) is 1. The van der Waals surface area contributed by atoms with Crippen LogP contribution in [0.3, 0.4) is 0 Å². The molecular weight excluding hydrogens is 506 g/mol. The Labute approximate surface area is 237 Å². The molecule has 2 heterocycles. The molecule has 0 N–H and O–H groups in total. The molecular formula is C35H25N5O. The van der Waals surface area contributed by atoms with Gasteiger partial charge in [-0.15, -0.1) is 5.10 Å². The number of hydrogen-bond donors (Lipinski definition) is 0. The van der Waals surface area contributed by atoms with E-state index in [2.05, 4.69) is 46.5 Å². The zero-order valence-electron chi connectivity index (χ0n) is 22.1. The Morgan fingerprint density at radius 2 is 1.10 bits per heavy atom. The average molecular weight is 532 g/mol. The monoisotopic (exact) mass is 531 g/mol. The van der Waals surface area contributed by atoms with E-state index in [1.165, 1.54) is 0 Å². The van der Waals surface area contributed by atoms with Gasteiger partial charge in [0.25, 0.3) is 0 Å². The van der Waals surface area contributed by atoms with Gasteiger partial charge in [-0.2, -0.15) is 5.10 Å². The second kappa shape index (κ2) is 10.8. The molecule has 7 rings (SSSR count). The van der Waals surface area contributed by atoms with Crippen LogP contribution in [0.5, 0.6) is 11.5 Å². The Hall–Kier alpha value is -5.75. The van der Waals surface area contributed by atoms with Gasteiger partial charge >= 0.3 is 0 Å². The summed E-state index contributed by atoms with van der Waals surface area (Å²) in [6.45, 7) is 0. The molecule has 0 aliphatic carbocycles. The Kier molecular flexibility index (Phi) is 6.39. The van der Waals surface area contributed by atoms with Crippen molar-refractivity contribution in [1.29, 1.82) is 0 Å². The van der Waals surface area contributed by atoms with Crippen LogP contribution < -0.4 is 4.74 Å². The van der Waals surface area contributed by atoms with Gasteiger partial charge in [-0.25, -0.2) is 14.3 Å². The fraction of sp³-hybridized carbons (Fsp3) is 0. The molecule has 0 atom stereocenters. The standard InChI is InChI=1S/C35H25N5O/c1-4-12-26(13-5-1)34-24-33(37-40(34)29-17-8-3-9-18-29)28-16-10-20-31(22-28)41-32-21-11-19-30(23-32)39-25-36-35(38-39)27-14-6-2-7-15-27/h1-25H. The summed E-state index contributed by atoms with van der Waals surface area (Å²) in [5.74, 6) is 2.10. The van der Waals surface area contributed by atoms with Gasteiger partial charge in [0.15, 0.2) is 5.82 Å². The number of rotatable bonds is 7. The molecule has 0 spiro atoms. The van der Waals surface area contributed by atoms with E-state index in [9.17, 15) is 0 Å². The van der Waals surface area contributed by atoms with Crippen molar-refractivity contribution in [1.82, 2.24) is 24.5 Å². The summed E-state index contributed by atoms with van der Waals surface area (Å²) in [4.78, 5) is 4.48. The molecule has 0 aliphatic heterocycles. The summed E-state index contributed by atoms with van der Waals surface area (Å²) >= 11 is 0. The van der Waals surface area contributed by atoms with E-state index in [4.69, 9.17) is 9.84 Å². The largest absolute Gasteiger partial charge is 0.457 e. The maximum Gasteiger partial charge on any atom is 0.181 e. The topological polar surface area (TPSA) is 57.8 Å². The van der Waals surface area contributed by atoms with E-state index in [1.807, 2.05) is 114 Å². The highest BCUT2D eigenvalue weighted by Gasteiger charge is 2.14. The van der Waals surface area contributed by atoms with Crippen LogP contribution in [-0.4, -0.2) is 24.5 Å². The van der Waals surface area contributed by atoms with Crippen LogP contribution in [0.2, 0.25) is 0 Å². The lowest BCUT2D eigenvalue weighted by atomic mass is 10.1. The number of aromatic nitrogens is 5. The van der Waals surface area contributed by atoms with E-state index in [0.717, 1.165) is 45.2 Å². The number of para-hydroxylation sites is 1. The normalized spacial score (nSPS) is 10.9. The highest BCUT2D eigenvalue weighted by molar-refractivity contribution is 5.71. The van der Waals surface area contributed by atoms with Gasteiger partial charge in [0, 0.05) is 22.8 Å². The van der Waals surface area contributed by atoms with E-state index < -0.39 is 0 Å². The minimum atomic E-state index is 0.675. The first-order valence-corrected chi connectivity index (χ1v) is 13.4. The maximum absolute atomic E-state index is 6.30. The number of benzene rings is 5. The molecule has 0 aliphatic rings. The van der Waals surface area contributed by atoms with Crippen molar-refractivity contribution in [3.05, 3.63) is 152 Å². The van der Waals surface area contributed by atoms with Crippen molar-refractivity contribution in [2.24, 2.45) is 0 Å². The van der Waals surface area contributed by atoms with Crippen molar-refractivity contribution < 1.29 is 4.74 Å². The quantitative estimate of drug-likeness (QED) is 0.208. The molecule has 0 amide bonds. The fourth-order valence-electron chi connectivity index (χ4n) is 4.75. The molecule has 6 heteroatoms. The fourth-order valence-corrected chi connectivity index (χ4v) is 4.75. The molecule has 0 unspecified atom stereocenters. The van der Waals surface area contributed by atoms with Crippen molar-refractivity contribution in [2.45, 2.75) is 0 Å². The molecule has 41 heavy (non-hydrogen) atoms. The van der Waals surface area contributed by atoms with Gasteiger partial charge in [0.05, 0.1) is 22.8 Å². The second-order valence-corrected chi connectivity index (χ2v) is 9.53. The zero-order chi connectivity index (χ0) is 27.4. The van der Waals surface area contributed by atoms with Crippen molar-refractivity contribution in [3.63, 3.8) is 0 Å². The summed E-state index contributed by atoms with van der Waals surface area (Å²) in [6.07, 6.45) is 1.72. The first kappa shape index (κ1) is 24.3. The molecule has 6 nitrogen and oxygen atoms in total. The van der Waals surface area contributed by atoms with Gasteiger partial charge in [0.2, 0.25) is 0 Å². The zero-order valence-corrected chi connectivity index (χ0v) is 22.1. The van der Waals surface area contributed by atoms with Gasteiger partial charge in [0.1, 0.15) is 17.8 Å². The SMILES string of the molecule is c1ccc(-c2ncn(-c3cccc(Oc4cccc(-c5cc(-c6ccccc6)n(-c6ccccc6)n5)c4)c3)n2)cc1. The third-order valence-electron chi connectivity index (χ3n) is 6.75. The van der Waals surface area contributed by atoms with Crippen LogP contribution in [0.15, 0.2) is 152 Å². The Bertz CT molecular complexity index is 1850. The van der Waals surface area contributed by atoms with Crippen molar-refractivity contribution in [3.8, 4) is 56.8 Å². The highest BCUT2D eigenvalue weighted by Crippen LogP contribution is 2.32. The van der Waals surface area contributed by atoms with Crippen LogP contribution in [0, 0.1) is 0 Å². The summed E-state index contributed by atoms with van der Waals surface area (Å²) in [6, 6.07) is 48.4. The molecule has 5 aromatic carbocycles. The van der Waals surface area contributed by atoms with Crippen LogP contribution in [0.1, 0.15) is 0 Å². The summed E-state index contributed by atoms with van der Waals surface area (Å²) < 4.78 is 10.1. The van der Waals surface area contributed by atoms with E-state index in [-0.39, 0.29) is 0 Å². The van der Waals surface area contributed by atoms with Crippen LogP contribution in [0.25, 0.3) is 45.3 Å². The van der Waals surface area contributed by atoms with Gasteiger partial charge < -0.3 is 4.74 Å². The Morgan fingerprint density at radius 1 is 0.488 bits per heavy atom. The lowest BCUT2D eigenvalue weighted by Gasteiger charge is -2.09. The maximum atomic E-state index is 6.30. The Balaban J connectivity index is 1.18. The van der Waals surface area contributed by atoms with E-state index >= 15 is 0 Å². The minimum Gasteiger partial charge on any atom is -0.457 e. The predicted molar refractivity (Wildman–Crippen MR) is 161 cm³/mol. The molecule has 2 aromatic heterocycles. The third-order valence-corrected chi connectivity index (χ3v) is 6.75. The molecule has 0 saturated heterocycles. The predicted octanol–water partition coefficient (Wildman–Crippen LogP) is 8.25. The molecule has 7 aromatic rings.